The summed E-state index contributed by atoms with van der Waals surface area (Å²) in [6, 6.07) is 9.75. The van der Waals surface area contributed by atoms with Crippen LogP contribution < -0.4 is 25.8 Å². The number of hydrogen-bond acceptors (Lipinski definition) is 6. The molecule has 0 fully saturated rings. The molecule has 2 aromatic carbocycles. The van der Waals surface area contributed by atoms with Crippen molar-refractivity contribution in [1.82, 2.24) is 10.9 Å². The van der Waals surface area contributed by atoms with Gasteiger partial charge in [0.15, 0.2) is 11.5 Å². The smallest absolute Gasteiger partial charge is 0.271 e. The number of ether oxygens (including phenoxy) is 2. The van der Waals surface area contributed by atoms with Crippen molar-refractivity contribution in [2.45, 2.75) is 0 Å². The first-order chi connectivity index (χ1) is 13.5. The zero-order valence-electron chi connectivity index (χ0n) is 15.3. The van der Waals surface area contributed by atoms with Crippen LogP contribution in [0.1, 0.15) is 21.5 Å². The van der Waals surface area contributed by atoms with Crippen molar-refractivity contribution in [1.29, 1.82) is 0 Å². The van der Waals surface area contributed by atoms with Crippen LogP contribution >= 0.6 is 0 Å². The lowest BCUT2D eigenvalue weighted by Crippen LogP contribution is -2.19. The van der Waals surface area contributed by atoms with E-state index in [9.17, 15) is 9.59 Å². The molecular weight excluding hydrogens is 361 g/mol. The normalized spacial score (nSPS) is 10.8. The molecule has 0 unspecified atom stereocenters. The molecule has 0 aliphatic rings. The van der Waals surface area contributed by atoms with E-state index in [4.69, 9.17) is 22.5 Å². The van der Waals surface area contributed by atoms with Gasteiger partial charge in [0.25, 0.3) is 11.8 Å². The minimum Gasteiger partial charge on any atom is -0.493 e. The summed E-state index contributed by atoms with van der Waals surface area (Å²) >= 11 is 0. The van der Waals surface area contributed by atoms with Crippen LogP contribution in [0.2, 0.25) is 0 Å². The molecule has 2 radical (unpaired) electrons. The predicted octanol–water partition coefficient (Wildman–Crippen LogP) is 0.780. The molecule has 28 heavy (non-hydrogen) atoms. The number of carbonyl (C=O) groups excluding carboxylic acids is 2. The Morgan fingerprint density at radius 2 is 1.86 bits per heavy atom. The molecule has 0 spiro atoms. The quantitative estimate of drug-likeness (QED) is 0.217. The highest BCUT2D eigenvalue weighted by Crippen LogP contribution is 2.25. The van der Waals surface area contributed by atoms with E-state index < -0.39 is 11.8 Å². The third-order valence-corrected chi connectivity index (χ3v) is 3.65. The van der Waals surface area contributed by atoms with Crippen molar-refractivity contribution in [3.63, 3.8) is 0 Å². The Bertz CT molecular complexity index is 928. The molecule has 0 saturated heterocycles. The highest BCUT2D eigenvalue weighted by molar-refractivity contribution is 6.35. The summed E-state index contributed by atoms with van der Waals surface area (Å²) in [5.74, 6) is -0.152. The van der Waals surface area contributed by atoms with E-state index in [1.807, 2.05) is 0 Å². The predicted molar refractivity (Wildman–Crippen MR) is 105 cm³/mol. The second kappa shape index (κ2) is 9.93. The second-order valence-electron chi connectivity index (χ2n) is 5.47. The van der Waals surface area contributed by atoms with Crippen LogP contribution in [0.3, 0.4) is 0 Å². The molecule has 0 aromatic heterocycles. The molecule has 2 rings (SSSR count). The fourth-order valence-corrected chi connectivity index (χ4v) is 2.24. The summed E-state index contributed by atoms with van der Waals surface area (Å²) < 4.78 is 10.4. The third-order valence-electron chi connectivity index (χ3n) is 3.65. The Balaban J connectivity index is 2.10. The molecule has 2 amide bonds. The number of nitrogens with one attached hydrogen (secondary N) is 2. The Labute approximate surface area is 163 Å². The summed E-state index contributed by atoms with van der Waals surface area (Å²) in [7, 11) is 8.95. The number of methoxy groups -OCH3 is 2. The number of benzene rings is 2. The van der Waals surface area contributed by atoms with E-state index in [1.54, 1.807) is 36.4 Å². The summed E-state index contributed by atoms with van der Waals surface area (Å²) in [4.78, 5) is 23.3. The minimum absolute atomic E-state index is 0.337. The van der Waals surface area contributed by atoms with E-state index in [0.29, 0.717) is 33.7 Å². The van der Waals surface area contributed by atoms with E-state index >= 15 is 0 Å². The molecule has 3 N–H and O–H groups in total. The zero-order valence-corrected chi connectivity index (χ0v) is 15.3. The lowest BCUT2D eigenvalue weighted by atomic mass is 9.90. The van der Waals surface area contributed by atoms with Crippen LogP contribution in [0.4, 0.5) is 0 Å². The molecule has 8 nitrogen and oxygen atoms in total. The molecule has 142 valence electrons. The number of hydroxylamine groups is 1. The average molecular weight is 379 g/mol. The van der Waals surface area contributed by atoms with Crippen molar-refractivity contribution in [3.8, 4) is 11.5 Å². The number of amides is 2. The van der Waals surface area contributed by atoms with Gasteiger partial charge in [-0.15, -0.1) is 0 Å². The largest absolute Gasteiger partial charge is 0.493 e. The van der Waals surface area contributed by atoms with Crippen molar-refractivity contribution in [2.24, 2.45) is 5.10 Å². The van der Waals surface area contributed by atoms with Gasteiger partial charge in [-0.25, -0.2) is 10.9 Å². The average Bonchev–Trinajstić information content (AvgIpc) is 2.72. The fraction of sp³-hybridized carbons (Fsp3) is 0.105. The van der Waals surface area contributed by atoms with E-state index in [0.717, 1.165) is 6.08 Å². The lowest BCUT2D eigenvalue weighted by Gasteiger charge is -2.10. The van der Waals surface area contributed by atoms with Gasteiger partial charge in [0.2, 0.25) is 0 Å². The van der Waals surface area contributed by atoms with Gasteiger partial charge in [0, 0.05) is 11.6 Å². The zero-order chi connectivity index (χ0) is 20.5. The maximum Gasteiger partial charge on any atom is 0.271 e. The Hall–Kier alpha value is -3.59. The highest BCUT2D eigenvalue weighted by Gasteiger charge is 2.08. The van der Waals surface area contributed by atoms with Gasteiger partial charge in [-0.05, 0) is 41.5 Å². The van der Waals surface area contributed by atoms with Crippen LogP contribution in [0, 0.1) is 0 Å². The fourth-order valence-electron chi connectivity index (χ4n) is 2.24. The Morgan fingerprint density at radius 3 is 2.54 bits per heavy atom. The van der Waals surface area contributed by atoms with Gasteiger partial charge < -0.3 is 9.47 Å². The summed E-state index contributed by atoms with van der Waals surface area (Å²) in [5, 5.41) is 12.4. The first-order valence-electron chi connectivity index (χ1n) is 8.05. The van der Waals surface area contributed by atoms with E-state index in [-0.39, 0.29) is 0 Å². The molecule has 0 heterocycles. The maximum absolute atomic E-state index is 12.2. The van der Waals surface area contributed by atoms with Gasteiger partial charge >= 0.3 is 0 Å². The SMILES string of the molecule is [B]c1cc(OC)c(OC)cc1/C=N/NC(=O)c1cccc(/C=C/C(=O)NO)c1. The summed E-state index contributed by atoms with van der Waals surface area (Å²) in [6.07, 6.45) is 3.98. The van der Waals surface area contributed by atoms with Crippen LogP contribution in [0.15, 0.2) is 47.6 Å². The number of hydrogen-bond donors (Lipinski definition) is 3. The van der Waals surface area contributed by atoms with Crippen molar-refractivity contribution >= 4 is 37.4 Å². The summed E-state index contributed by atoms with van der Waals surface area (Å²) in [5.41, 5.74) is 5.78. The molecule has 0 aliphatic carbocycles. The van der Waals surface area contributed by atoms with Gasteiger partial charge in [0.05, 0.1) is 20.4 Å². The van der Waals surface area contributed by atoms with Crippen LogP contribution in [-0.2, 0) is 4.79 Å². The lowest BCUT2D eigenvalue weighted by molar-refractivity contribution is -0.124. The van der Waals surface area contributed by atoms with Gasteiger partial charge in [-0.3, -0.25) is 14.8 Å². The second-order valence-corrected chi connectivity index (χ2v) is 5.47. The van der Waals surface area contributed by atoms with Crippen molar-refractivity contribution < 1.29 is 24.3 Å². The van der Waals surface area contributed by atoms with Gasteiger partial charge in [-0.2, -0.15) is 5.10 Å². The van der Waals surface area contributed by atoms with Crippen LogP contribution in [0.25, 0.3) is 6.08 Å². The van der Waals surface area contributed by atoms with Gasteiger partial charge in [0.1, 0.15) is 7.85 Å². The molecule has 0 bridgehead atoms. The first kappa shape index (κ1) is 20.7. The third kappa shape index (κ3) is 5.45. The van der Waals surface area contributed by atoms with Crippen molar-refractivity contribution in [3.05, 3.63) is 59.2 Å². The number of rotatable bonds is 7. The molecular formula is C19H18BN3O5. The molecule has 0 aliphatic heterocycles. The topological polar surface area (TPSA) is 109 Å². The first-order valence-corrected chi connectivity index (χ1v) is 8.05. The maximum atomic E-state index is 12.2. The van der Waals surface area contributed by atoms with Crippen LogP contribution in [0.5, 0.6) is 11.5 Å². The Kier molecular flexibility index (Phi) is 7.35. The molecule has 0 atom stereocenters. The van der Waals surface area contributed by atoms with E-state index in [1.165, 1.54) is 32.0 Å². The molecule has 2 aromatic rings. The van der Waals surface area contributed by atoms with E-state index in [2.05, 4.69) is 10.5 Å². The van der Waals surface area contributed by atoms with Crippen LogP contribution in [-0.4, -0.2) is 45.3 Å². The monoisotopic (exact) mass is 379 g/mol. The van der Waals surface area contributed by atoms with Gasteiger partial charge in [-0.1, -0.05) is 17.6 Å². The van der Waals surface area contributed by atoms with Crippen molar-refractivity contribution in [2.75, 3.05) is 14.2 Å². The molecule has 0 saturated carbocycles. The number of hydrazone groups is 1. The highest BCUT2D eigenvalue weighted by atomic mass is 16.5. The number of carbonyl (C=O) groups is 2. The minimum atomic E-state index is -0.674. The number of nitrogens with zero attached hydrogens (tertiary/aromatic N) is 1. The molecule has 9 heteroatoms. The Morgan fingerprint density at radius 1 is 1.14 bits per heavy atom. The summed E-state index contributed by atoms with van der Waals surface area (Å²) in [6.45, 7) is 0. The standard InChI is InChI=1S/C19H18BN3O5/c1-27-16-9-14(15(20)10-17(16)28-2)11-21-22-19(25)13-5-3-4-12(8-13)6-7-18(24)23-26/h3-11,26H,1-2H3,(H,22,25)(H,23,24)/b7-6+,21-11+.